The van der Waals surface area contributed by atoms with E-state index in [-0.39, 0.29) is 6.42 Å². The highest BCUT2D eigenvalue weighted by molar-refractivity contribution is 6.09. The molecule has 14 heavy (non-hydrogen) atoms. The molecule has 2 atom stereocenters. The normalized spacial score (nSPS) is 19.1. The van der Waals surface area contributed by atoms with Gasteiger partial charge in [0.25, 0.3) is 0 Å². The first-order valence-corrected chi connectivity index (χ1v) is 4.00. The van der Waals surface area contributed by atoms with Gasteiger partial charge in [0.05, 0.1) is 0 Å². The molecule has 0 aliphatic carbocycles. The number of carboxylic acid groups (broad SMARTS) is 1. The number of carboxylic acids is 1. The van der Waals surface area contributed by atoms with Gasteiger partial charge in [0.1, 0.15) is 5.60 Å². The predicted molar refractivity (Wildman–Crippen MR) is 48.7 cm³/mol. The van der Waals surface area contributed by atoms with Crippen LogP contribution < -0.4 is 0 Å². The monoisotopic (exact) mass is 202 g/mol. The van der Waals surface area contributed by atoms with E-state index in [4.69, 9.17) is 5.11 Å². The van der Waals surface area contributed by atoms with Crippen molar-refractivity contribution in [3.8, 4) is 0 Å². The topological polar surface area (TPSA) is 94.8 Å². The molecule has 0 aromatic rings. The van der Waals surface area contributed by atoms with Gasteiger partial charge in [-0.05, 0) is 13.8 Å². The van der Waals surface area contributed by atoms with E-state index in [0.29, 0.717) is 0 Å². The van der Waals surface area contributed by atoms with Crippen LogP contribution in [-0.2, 0) is 9.59 Å². The molecule has 0 aliphatic rings. The van der Waals surface area contributed by atoms with Crippen LogP contribution >= 0.6 is 0 Å². The van der Waals surface area contributed by atoms with Crippen LogP contribution in [0.25, 0.3) is 0 Å². The second-order valence-electron chi connectivity index (χ2n) is 3.47. The highest BCUT2D eigenvalue weighted by atomic mass is 16.4. The van der Waals surface area contributed by atoms with Crippen molar-refractivity contribution in [2.45, 2.75) is 31.5 Å². The minimum Gasteiger partial charge on any atom is -0.479 e. The maximum atomic E-state index is 11.4. The fourth-order valence-electron chi connectivity index (χ4n) is 0.995. The number of hydrogen-bond donors (Lipinski definition) is 3. The van der Waals surface area contributed by atoms with E-state index in [2.05, 4.69) is 6.58 Å². The van der Waals surface area contributed by atoms with Crippen molar-refractivity contribution >= 4 is 11.8 Å². The smallest absolute Gasteiger partial charge is 0.343 e. The Morgan fingerprint density at radius 2 is 1.79 bits per heavy atom. The highest BCUT2D eigenvalue weighted by Gasteiger charge is 2.47. The molecule has 0 heterocycles. The molecule has 0 saturated heterocycles. The molecule has 0 amide bonds. The van der Waals surface area contributed by atoms with Gasteiger partial charge in [-0.1, -0.05) is 6.08 Å². The van der Waals surface area contributed by atoms with E-state index in [1.165, 1.54) is 6.08 Å². The summed E-state index contributed by atoms with van der Waals surface area (Å²) in [4.78, 5) is 21.9. The summed E-state index contributed by atoms with van der Waals surface area (Å²) in [6.45, 7) is 5.28. The zero-order valence-corrected chi connectivity index (χ0v) is 8.15. The third-order valence-electron chi connectivity index (χ3n) is 1.89. The molecule has 0 aromatic carbocycles. The van der Waals surface area contributed by atoms with Crippen LogP contribution in [-0.4, -0.2) is 38.3 Å². The van der Waals surface area contributed by atoms with Crippen molar-refractivity contribution in [2.24, 2.45) is 0 Å². The average molecular weight is 202 g/mol. The van der Waals surface area contributed by atoms with Gasteiger partial charge in [0.15, 0.2) is 0 Å². The van der Waals surface area contributed by atoms with Gasteiger partial charge in [-0.25, -0.2) is 4.79 Å². The fourth-order valence-corrected chi connectivity index (χ4v) is 0.995. The molecule has 3 N–H and O–H groups in total. The van der Waals surface area contributed by atoms with Crippen LogP contribution in [0.15, 0.2) is 12.7 Å². The maximum Gasteiger partial charge on any atom is 0.343 e. The molecule has 0 saturated carbocycles. The van der Waals surface area contributed by atoms with Gasteiger partial charge in [0, 0.05) is 6.42 Å². The van der Waals surface area contributed by atoms with Gasteiger partial charge < -0.3 is 15.3 Å². The van der Waals surface area contributed by atoms with Gasteiger partial charge >= 0.3 is 5.97 Å². The second kappa shape index (κ2) is 3.89. The van der Waals surface area contributed by atoms with Crippen molar-refractivity contribution in [3.63, 3.8) is 0 Å². The lowest BCUT2D eigenvalue weighted by Crippen LogP contribution is -2.54. The highest BCUT2D eigenvalue weighted by Crippen LogP contribution is 2.20. The van der Waals surface area contributed by atoms with E-state index in [1.807, 2.05) is 0 Å². The number of aliphatic hydroxyl groups is 2. The van der Waals surface area contributed by atoms with E-state index in [9.17, 15) is 19.8 Å². The van der Waals surface area contributed by atoms with E-state index < -0.39 is 23.0 Å². The van der Waals surface area contributed by atoms with Gasteiger partial charge in [-0.15, -0.1) is 6.58 Å². The number of hydrogen-bond acceptors (Lipinski definition) is 4. The Balaban J connectivity index is 4.94. The maximum absolute atomic E-state index is 11.4. The second-order valence-corrected chi connectivity index (χ2v) is 3.47. The number of rotatable bonds is 5. The summed E-state index contributed by atoms with van der Waals surface area (Å²) in [5, 5.41) is 27.3. The first-order chi connectivity index (χ1) is 6.16. The molecule has 5 nitrogen and oxygen atoms in total. The van der Waals surface area contributed by atoms with Gasteiger partial charge in [-0.2, -0.15) is 0 Å². The predicted octanol–water partition coefficient (Wildman–Crippen LogP) is -0.282. The van der Waals surface area contributed by atoms with E-state index >= 15 is 0 Å². The molecule has 5 heteroatoms. The summed E-state index contributed by atoms with van der Waals surface area (Å²) in [6.07, 6.45) is 1.16. The molecule has 0 bridgehead atoms. The Hall–Kier alpha value is -1.20. The van der Waals surface area contributed by atoms with Crippen molar-refractivity contribution in [1.29, 1.82) is 0 Å². The first-order valence-electron chi connectivity index (χ1n) is 4.00. The van der Waals surface area contributed by atoms with E-state index in [1.54, 1.807) is 0 Å². The molecule has 0 fully saturated rings. The summed E-state index contributed by atoms with van der Waals surface area (Å²) < 4.78 is 0. The van der Waals surface area contributed by atoms with Gasteiger partial charge in [0.2, 0.25) is 11.4 Å². The summed E-state index contributed by atoms with van der Waals surface area (Å²) in [7, 11) is 0. The lowest BCUT2D eigenvalue weighted by molar-refractivity contribution is -0.171. The van der Waals surface area contributed by atoms with Crippen LogP contribution in [0.2, 0.25) is 0 Å². The Bertz CT molecular complexity index is 264. The SMILES string of the molecule is C=CCC(C)(O)C(=O)C(C)(O)C(=O)O. The van der Waals surface area contributed by atoms with Crippen molar-refractivity contribution in [1.82, 2.24) is 0 Å². The molecule has 2 unspecified atom stereocenters. The van der Waals surface area contributed by atoms with Crippen LogP contribution in [0.1, 0.15) is 20.3 Å². The van der Waals surface area contributed by atoms with Crippen molar-refractivity contribution < 1.29 is 24.9 Å². The summed E-state index contributed by atoms with van der Waals surface area (Å²) in [5.41, 5.74) is -4.49. The summed E-state index contributed by atoms with van der Waals surface area (Å²) in [6, 6.07) is 0. The zero-order chi connectivity index (χ0) is 11.6. The third-order valence-corrected chi connectivity index (χ3v) is 1.89. The minimum absolute atomic E-state index is 0.116. The Morgan fingerprint density at radius 3 is 2.07 bits per heavy atom. The summed E-state index contributed by atoms with van der Waals surface area (Å²) >= 11 is 0. The fraction of sp³-hybridized carbons (Fsp3) is 0.556. The molecule has 0 aromatic heterocycles. The number of carbonyl (C=O) groups is 2. The van der Waals surface area contributed by atoms with Crippen LogP contribution in [0.4, 0.5) is 0 Å². The minimum atomic E-state index is -2.58. The zero-order valence-electron chi connectivity index (χ0n) is 8.15. The first kappa shape index (κ1) is 12.8. The lowest BCUT2D eigenvalue weighted by Gasteiger charge is -2.27. The van der Waals surface area contributed by atoms with Crippen LogP contribution in [0.3, 0.4) is 0 Å². The standard InChI is InChI=1S/C9H14O5/c1-4-5-8(2,13)6(10)9(3,14)7(11)12/h4,13-14H,1,5H2,2-3H3,(H,11,12). The van der Waals surface area contributed by atoms with Gasteiger partial charge in [-0.3, -0.25) is 4.79 Å². The quantitative estimate of drug-likeness (QED) is 0.421. The average Bonchev–Trinajstić information content (AvgIpc) is 2.02. The number of carbonyl (C=O) groups excluding carboxylic acids is 1. The van der Waals surface area contributed by atoms with Crippen molar-refractivity contribution in [2.75, 3.05) is 0 Å². The lowest BCUT2D eigenvalue weighted by atomic mass is 9.85. The molecule has 0 radical (unpaired) electrons. The number of aliphatic carboxylic acids is 1. The third kappa shape index (κ3) is 2.40. The largest absolute Gasteiger partial charge is 0.479 e. The molecule has 0 aliphatic heterocycles. The van der Waals surface area contributed by atoms with Crippen LogP contribution in [0.5, 0.6) is 0 Å². The molecular weight excluding hydrogens is 188 g/mol. The number of ketones is 1. The summed E-state index contributed by atoms with van der Waals surface area (Å²) in [5.74, 6) is -2.84. The molecule has 0 spiro atoms. The molecule has 0 rings (SSSR count). The van der Waals surface area contributed by atoms with E-state index in [0.717, 1.165) is 13.8 Å². The molecular formula is C9H14O5. The number of Topliss-reactive ketones (excluding diaryl/α,β-unsaturated/α-hetero) is 1. The molecule has 80 valence electrons. The van der Waals surface area contributed by atoms with Crippen LogP contribution in [0, 0.1) is 0 Å². The Labute approximate surface area is 81.7 Å². The van der Waals surface area contributed by atoms with Crippen molar-refractivity contribution in [3.05, 3.63) is 12.7 Å². The Kier molecular flexibility index (Phi) is 3.56. The Morgan fingerprint density at radius 1 is 1.36 bits per heavy atom.